The van der Waals surface area contributed by atoms with Gasteiger partial charge in [-0.1, -0.05) is 0 Å². The minimum Gasteiger partial charge on any atom is -0.365 e. The molecule has 3 heterocycles. The van der Waals surface area contributed by atoms with Crippen molar-refractivity contribution in [3.63, 3.8) is 0 Å². The summed E-state index contributed by atoms with van der Waals surface area (Å²) in [5.41, 5.74) is 3.20. The van der Waals surface area contributed by atoms with Crippen molar-refractivity contribution in [3.05, 3.63) is 40.0 Å². The van der Waals surface area contributed by atoms with Crippen LogP contribution in [0.4, 0.5) is 5.82 Å². The summed E-state index contributed by atoms with van der Waals surface area (Å²) in [5.74, 6) is 0.613. The lowest BCUT2D eigenvalue weighted by Crippen LogP contribution is -2.34. The summed E-state index contributed by atoms with van der Waals surface area (Å²) < 4.78 is 0. The number of anilines is 1. The lowest BCUT2D eigenvalue weighted by Gasteiger charge is -2.14. The van der Waals surface area contributed by atoms with Crippen LogP contribution in [0, 0.1) is 0 Å². The maximum absolute atomic E-state index is 12.3. The van der Waals surface area contributed by atoms with Crippen molar-refractivity contribution in [1.82, 2.24) is 20.2 Å². The Labute approximate surface area is 137 Å². The zero-order chi connectivity index (χ0) is 16.2. The molecule has 0 saturated heterocycles. The third-order valence-electron chi connectivity index (χ3n) is 3.52. The molecule has 0 aromatic carbocycles. The maximum Gasteiger partial charge on any atom is 0.256 e. The third kappa shape index (κ3) is 3.65. The fourth-order valence-electron chi connectivity index (χ4n) is 2.39. The molecule has 1 aliphatic rings. The standard InChI is InChI=1S/C15H17N5O2S/c1-10(21)17-4-5-20-8-13-12(15(20)22)2-3-14(19-13)18-7-11-6-16-9-23-11/h2-3,6,9H,4-5,7-8H2,1H3,(H,17,21)(H,18,19). The predicted molar refractivity (Wildman–Crippen MR) is 87.1 cm³/mol. The van der Waals surface area contributed by atoms with E-state index in [2.05, 4.69) is 20.6 Å². The van der Waals surface area contributed by atoms with Crippen LogP contribution >= 0.6 is 11.3 Å². The van der Waals surface area contributed by atoms with E-state index in [1.807, 2.05) is 12.3 Å². The van der Waals surface area contributed by atoms with E-state index in [0.717, 1.165) is 16.4 Å². The van der Waals surface area contributed by atoms with Crippen molar-refractivity contribution in [2.45, 2.75) is 20.0 Å². The van der Waals surface area contributed by atoms with Crippen molar-refractivity contribution >= 4 is 29.0 Å². The number of pyridine rings is 1. The smallest absolute Gasteiger partial charge is 0.256 e. The molecule has 0 spiro atoms. The number of hydrogen-bond donors (Lipinski definition) is 2. The van der Waals surface area contributed by atoms with Gasteiger partial charge in [-0.2, -0.15) is 0 Å². The summed E-state index contributed by atoms with van der Waals surface area (Å²) in [6.45, 7) is 3.54. The largest absolute Gasteiger partial charge is 0.365 e. The second kappa shape index (κ2) is 6.74. The van der Waals surface area contributed by atoms with Gasteiger partial charge in [-0.05, 0) is 12.1 Å². The Morgan fingerprint density at radius 3 is 3.04 bits per heavy atom. The highest BCUT2D eigenvalue weighted by Gasteiger charge is 2.28. The lowest BCUT2D eigenvalue weighted by atomic mass is 10.2. The molecule has 2 N–H and O–H groups in total. The van der Waals surface area contributed by atoms with Crippen LogP contribution in [0.15, 0.2) is 23.8 Å². The van der Waals surface area contributed by atoms with Crippen LogP contribution in [0.3, 0.4) is 0 Å². The van der Waals surface area contributed by atoms with Gasteiger partial charge in [0.1, 0.15) is 5.82 Å². The molecule has 7 nitrogen and oxygen atoms in total. The molecule has 1 aliphatic heterocycles. The van der Waals surface area contributed by atoms with Gasteiger partial charge in [0.05, 0.1) is 29.9 Å². The first-order valence-corrected chi connectivity index (χ1v) is 8.16. The number of fused-ring (bicyclic) bond motifs is 1. The van der Waals surface area contributed by atoms with Crippen molar-refractivity contribution in [1.29, 1.82) is 0 Å². The molecule has 2 amide bonds. The molecule has 8 heteroatoms. The van der Waals surface area contributed by atoms with Crippen LogP contribution in [0.2, 0.25) is 0 Å². The monoisotopic (exact) mass is 331 g/mol. The maximum atomic E-state index is 12.3. The normalized spacial score (nSPS) is 13.1. The zero-order valence-corrected chi connectivity index (χ0v) is 13.5. The average Bonchev–Trinajstić information content (AvgIpc) is 3.14. The molecule has 0 unspecified atom stereocenters. The molecule has 23 heavy (non-hydrogen) atoms. The fourth-order valence-corrected chi connectivity index (χ4v) is 2.93. The van der Waals surface area contributed by atoms with E-state index in [1.165, 1.54) is 6.92 Å². The molecule has 0 aliphatic carbocycles. The lowest BCUT2D eigenvalue weighted by molar-refractivity contribution is -0.119. The van der Waals surface area contributed by atoms with Gasteiger partial charge in [-0.25, -0.2) is 4.98 Å². The molecular formula is C15H17N5O2S. The Bertz CT molecular complexity index is 717. The van der Waals surface area contributed by atoms with Crippen molar-refractivity contribution in [2.75, 3.05) is 18.4 Å². The second-order valence-corrected chi connectivity index (χ2v) is 6.19. The Morgan fingerprint density at radius 2 is 2.30 bits per heavy atom. The molecule has 2 aromatic rings. The first-order valence-electron chi connectivity index (χ1n) is 7.28. The highest BCUT2D eigenvalue weighted by atomic mass is 32.1. The Balaban J connectivity index is 1.61. The van der Waals surface area contributed by atoms with E-state index in [9.17, 15) is 9.59 Å². The number of nitrogens with zero attached hydrogens (tertiary/aromatic N) is 3. The summed E-state index contributed by atoms with van der Waals surface area (Å²) in [4.78, 5) is 34.5. The number of hydrogen-bond acceptors (Lipinski definition) is 6. The fraction of sp³-hybridized carbons (Fsp3) is 0.333. The van der Waals surface area contributed by atoms with Gasteiger partial charge >= 0.3 is 0 Å². The second-order valence-electron chi connectivity index (χ2n) is 5.22. The first kappa shape index (κ1) is 15.4. The van der Waals surface area contributed by atoms with Gasteiger partial charge in [-0.15, -0.1) is 11.3 Å². The number of aromatic nitrogens is 2. The first-order chi connectivity index (χ1) is 11.1. The summed E-state index contributed by atoms with van der Waals surface area (Å²) in [7, 11) is 0. The van der Waals surface area contributed by atoms with Crippen LogP contribution in [0.5, 0.6) is 0 Å². The van der Waals surface area contributed by atoms with E-state index in [-0.39, 0.29) is 11.8 Å². The van der Waals surface area contributed by atoms with Crippen LogP contribution in [-0.4, -0.2) is 39.8 Å². The highest BCUT2D eigenvalue weighted by molar-refractivity contribution is 7.09. The van der Waals surface area contributed by atoms with Gasteiger partial charge in [0.2, 0.25) is 5.91 Å². The number of carbonyl (C=O) groups excluding carboxylic acids is 2. The molecule has 2 aromatic heterocycles. The molecule has 0 bridgehead atoms. The number of rotatable bonds is 6. The number of amides is 2. The van der Waals surface area contributed by atoms with Crippen molar-refractivity contribution < 1.29 is 9.59 Å². The number of thiazole rings is 1. The van der Waals surface area contributed by atoms with E-state index < -0.39 is 0 Å². The topological polar surface area (TPSA) is 87.2 Å². The van der Waals surface area contributed by atoms with Gasteiger partial charge in [0, 0.05) is 31.1 Å². The predicted octanol–water partition coefficient (Wildman–Crippen LogP) is 1.24. The van der Waals surface area contributed by atoms with E-state index in [0.29, 0.717) is 31.7 Å². The van der Waals surface area contributed by atoms with Gasteiger partial charge in [0.15, 0.2) is 0 Å². The molecule has 0 saturated carbocycles. The average molecular weight is 331 g/mol. The van der Waals surface area contributed by atoms with Gasteiger partial charge in [0.25, 0.3) is 5.91 Å². The van der Waals surface area contributed by atoms with Gasteiger partial charge in [-0.3, -0.25) is 14.6 Å². The molecule has 0 atom stereocenters. The van der Waals surface area contributed by atoms with Gasteiger partial charge < -0.3 is 15.5 Å². The molecule has 3 rings (SSSR count). The Morgan fingerprint density at radius 1 is 1.43 bits per heavy atom. The molecule has 0 fully saturated rings. The summed E-state index contributed by atoms with van der Waals surface area (Å²) in [6, 6.07) is 3.62. The van der Waals surface area contributed by atoms with E-state index in [4.69, 9.17) is 0 Å². The molecular weight excluding hydrogens is 314 g/mol. The summed E-state index contributed by atoms with van der Waals surface area (Å²) in [5, 5.41) is 5.93. The Kier molecular flexibility index (Phi) is 4.52. The van der Waals surface area contributed by atoms with Crippen LogP contribution in [-0.2, 0) is 17.9 Å². The summed E-state index contributed by atoms with van der Waals surface area (Å²) >= 11 is 1.58. The molecule has 120 valence electrons. The Hall–Kier alpha value is -2.48. The van der Waals surface area contributed by atoms with Crippen LogP contribution < -0.4 is 10.6 Å². The minimum atomic E-state index is -0.0955. The van der Waals surface area contributed by atoms with Crippen molar-refractivity contribution in [3.8, 4) is 0 Å². The SMILES string of the molecule is CC(=O)NCCN1Cc2nc(NCc3cncs3)ccc2C1=O. The number of nitrogens with one attached hydrogen (secondary N) is 2. The third-order valence-corrected chi connectivity index (χ3v) is 4.29. The molecule has 0 radical (unpaired) electrons. The van der Waals surface area contributed by atoms with E-state index in [1.54, 1.807) is 27.8 Å². The highest BCUT2D eigenvalue weighted by Crippen LogP contribution is 2.22. The summed E-state index contributed by atoms with van der Waals surface area (Å²) in [6.07, 6.45) is 1.82. The van der Waals surface area contributed by atoms with Crippen molar-refractivity contribution in [2.24, 2.45) is 0 Å². The van der Waals surface area contributed by atoms with Crippen LogP contribution in [0.25, 0.3) is 0 Å². The van der Waals surface area contributed by atoms with Crippen LogP contribution in [0.1, 0.15) is 27.9 Å². The van der Waals surface area contributed by atoms with E-state index >= 15 is 0 Å². The zero-order valence-electron chi connectivity index (χ0n) is 12.7. The minimum absolute atomic E-state index is 0.0353. The number of carbonyl (C=O) groups is 2. The quantitative estimate of drug-likeness (QED) is 0.832.